The van der Waals surface area contributed by atoms with Gasteiger partial charge in [-0.2, -0.15) is 0 Å². The van der Waals surface area contributed by atoms with Gasteiger partial charge in [0.1, 0.15) is 0 Å². The van der Waals surface area contributed by atoms with E-state index in [-0.39, 0.29) is 11.7 Å². The average Bonchev–Trinajstić information content (AvgIpc) is 2.37. The Labute approximate surface area is 111 Å². The minimum absolute atomic E-state index is 0.0225. The van der Waals surface area contributed by atoms with Crippen LogP contribution in [0.1, 0.15) is 25.5 Å². The summed E-state index contributed by atoms with van der Waals surface area (Å²) in [5.41, 5.74) is 0.452. The van der Waals surface area contributed by atoms with Gasteiger partial charge in [-0.1, -0.05) is 12.1 Å². The molecule has 0 radical (unpaired) electrons. The molecule has 1 rings (SSSR count). The summed E-state index contributed by atoms with van der Waals surface area (Å²) in [6, 6.07) is 4.14. The number of nitrogens with one attached hydrogen (secondary N) is 1. The molecule has 5 heteroatoms. The van der Waals surface area contributed by atoms with Crippen molar-refractivity contribution in [1.82, 2.24) is 5.32 Å². The van der Waals surface area contributed by atoms with Crippen molar-refractivity contribution in [3.63, 3.8) is 0 Å². The monoisotopic (exact) mass is 267 g/mol. The highest BCUT2D eigenvalue weighted by Crippen LogP contribution is 2.22. The zero-order valence-corrected chi connectivity index (χ0v) is 11.0. The van der Waals surface area contributed by atoms with Crippen molar-refractivity contribution < 1.29 is 19.0 Å². The van der Waals surface area contributed by atoms with Crippen LogP contribution in [0.5, 0.6) is 5.75 Å². The summed E-state index contributed by atoms with van der Waals surface area (Å²) in [6.07, 6.45) is -0.0217. The van der Waals surface area contributed by atoms with Crippen molar-refractivity contribution in [2.75, 3.05) is 6.54 Å². The molecule has 0 aliphatic carbocycles. The van der Waals surface area contributed by atoms with Gasteiger partial charge in [-0.3, -0.25) is 4.79 Å². The zero-order valence-electron chi connectivity index (χ0n) is 11.0. The van der Waals surface area contributed by atoms with E-state index < -0.39 is 18.0 Å². The molecule has 2 N–H and O–H groups in total. The summed E-state index contributed by atoms with van der Waals surface area (Å²) in [7, 11) is 0. The standard InChI is InChI=1S/C14H18FNO3/c1-4-7-16-14(18)10(3)19-13-6-5-11(9(2)17)8-12(13)15/h4-6,8-10,17H,1,7H2,2-3H3,(H,16,18)/t9-,10?/m1/s1. The Morgan fingerprint density at radius 3 is 2.79 bits per heavy atom. The van der Waals surface area contributed by atoms with Crippen LogP contribution in [-0.4, -0.2) is 23.7 Å². The third-order valence-electron chi connectivity index (χ3n) is 2.53. The molecule has 1 unspecified atom stereocenters. The van der Waals surface area contributed by atoms with Crippen LogP contribution in [-0.2, 0) is 4.79 Å². The van der Waals surface area contributed by atoms with Crippen molar-refractivity contribution >= 4 is 5.91 Å². The fourth-order valence-electron chi connectivity index (χ4n) is 1.43. The van der Waals surface area contributed by atoms with E-state index in [4.69, 9.17) is 4.74 Å². The number of carbonyl (C=O) groups is 1. The maximum absolute atomic E-state index is 13.7. The second-order valence-corrected chi connectivity index (χ2v) is 4.16. The van der Waals surface area contributed by atoms with E-state index in [0.29, 0.717) is 12.1 Å². The highest BCUT2D eigenvalue weighted by atomic mass is 19.1. The Morgan fingerprint density at radius 1 is 1.58 bits per heavy atom. The summed E-state index contributed by atoms with van der Waals surface area (Å²) in [4.78, 5) is 11.5. The van der Waals surface area contributed by atoms with Gasteiger partial charge in [0, 0.05) is 6.54 Å². The Kier molecular flexibility index (Phi) is 5.51. The van der Waals surface area contributed by atoms with Crippen LogP contribution in [0.15, 0.2) is 30.9 Å². The summed E-state index contributed by atoms with van der Waals surface area (Å²) < 4.78 is 18.9. The number of carbonyl (C=O) groups excluding carboxylic acids is 1. The van der Waals surface area contributed by atoms with Crippen LogP contribution < -0.4 is 10.1 Å². The van der Waals surface area contributed by atoms with Gasteiger partial charge in [0.05, 0.1) is 6.10 Å². The predicted molar refractivity (Wildman–Crippen MR) is 70.3 cm³/mol. The first-order chi connectivity index (χ1) is 8.95. The number of ether oxygens (including phenoxy) is 1. The number of rotatable bonds is 6. The van der Waals surface area contributed by atoms with Gasteiger partial charge in [0.15, 0.2) is 17.7 Å². The largest absolute Gasteiger partial charge is 0.478 e. The highest BCUT2D eigenvalue weighted by molar-refractivity contribution is 5.80. The lowest BCUT2D eigenvalue weighted by molar-refractivity contribution is -0.127. The van der Waals surface area contributed by atoms with Crippen molar-refractivity contribution in [1.29, 1.82) is 0 Å². The normalized spacial score (nSPS) is 13.5. The van der Waals surface area contributed by atoms with E-state index in [0.717, 1.165) is 0 Å². The first kappa shape index (κ1) is 15.2. The van der Waals surface area contributed by atoms with Crippen LogP contribution in [0.2, 0.25) is 0 Å². The number of amides is 1. The zero-order chi connectivity index (χ0) is 14.4. The molecule has 4 nitrogen and oxygen atoms in total. The van der Waals surface area contributed by atoms with Gasteiger partial charge in [0.2, 0.25) is 0 Å². The average molecular weight is 267 g/mol. The molecule has 0 bridgehead atoms. The number of benzene rings is 1. The lowest BCUT2D eigenvalue weighted by atomic mass is 10.1. The molecule has 0 heterocycles. The molecule has 1 aromatic rings. The summed E-state index contributed by atoms with van der Waals surface area (Å²) in [5, 5.41) is 11.9. The van der Waals surface area contributed by atoms with Crippen molar-refractivity contribution in [2.45, 2.75) is 26.1 Å². The highest BCUT2D eigenvalue weighted by Gasteiger charge is 2.16. The summed E-state index contributed by atoms with van der Waals surface area (Å²) in [5.74, 6) is -0.980. The summed E-state index contributed by atoms with van der Waals surface area (Å²) >= 11 is 0. The van der Waals surface area contributed by atoms with Crippen LogP contribution in [0, 0.1) is 5.82 Å². The maximum atomic E-state index is 13.7. The van der Waals surface area contributed by atoms with E-state index in [2.05, 4.69) is 11.9 Å². The number of halogens is 1. The van der Waals surface area contributed by atoms with E-state index in [1.807, 2.05) is 0 Å². The SMILES string of the molecule is C=CCNC(=O)C(C)Oc1ccc([C@@H](C)O)cc1F. The lowest BCUT2D eigenvalue weighted by Crippen LogP contribution is -2.36. The molecular weight excluding hydrogens is 249 g/mol. The maximum Gasteiger partial charge on any atom is 0.261 e. The van der Waals surface area contributed by atoms with Gasteiger partial charge in [0.25, 0.3) is 5.91 Å². The van der Waals surface area contributed by atoms with Crippen molar-refractivity contribution in [2.24, 2.45) is 0 Å². The van der Waals surface area contributed by atoms with Gasteiger partial charge < -0.3 is 15.2 Å². The molecule has 19 heavy (non-hydrogen) atoms. The van der Waals surface area contributed by atoms with E-state index in [1.54, 1.807) is 19.1 Å². The minimum atomic E-state index is -0.813. The number of aliphatic hydroxyl groups excluding tert-OH is 1. The Balaban J connectivity index is 2.71. The predicted octanol–water partition coefficient (Wildman–Crippen LogP) is 1.95. The van der Waals surface area contributed by atoms with Gasteiger partial charge in [-0.25, -0.2) is 4.39 Å². The van der Waals surface area contributed by atoms with Crippen molar-refractivity contribution in [3.05, 3.63) is 42.2 Å². The van der Waals surface area contributed by atoms with E-state index >= 15 is 0 Å². The first-order valence-corrected chi connectivity index (χ1v) is 5.98. The van der Waals surface area contributed by atoms with Gasteiger partial charge in [-0.15, -0.1) is 6.58 Å². The minimum Gasteiger partial charge on any atom is -0.478 e. The van der Waals surface area contributed by atoms with Gasteiger partial charge >= 0.3 is 0 Å². The van der Waals surface area contributed by atoms with Crippen LogP contribution >= 0.6 is 0 Å². The molecule has 1 aromatic carbocycles. The molecule has 0 aliphatic rings. The topological polar surface area (TPSA) is 58.6 Å². The number of hydrogen-bond donors (Lipinski definition) is 2. The first-order valence-electron chi connectivity index (χ1n) is 5.98. The summed E-state index contributed by atoms with van der Waals surface area (Å²) in [6.45, 7) is 6.88. The lowest BCUT2D eigenvalue weighted by Gasteiger charge is -2.15. The van der Waals surface area contributed by atoms with Crippen LogP contribution in [0.3, 0.4) is 0 Å². The molecule has 104 valence electrons. The number of hydrogen-bond acceptors (Lipinski definition) is 3. The fourth-order valence-corrected chi connectivity index (χ4v) is 1.43. The second kappa shape index (κ2) is 6.89. The molecule has 0 spiro atoms. The molecule has 0 fully saturated rings. The molecule has 2 atom stereocenters. The van der Waals surface area contributed by atoms with Crippen LogP contribution in [0.4, 0.5) is 4.39 Å². The molecule has 0 aromatic heterocycles. The van der Waals surface area contributed by atoms with Gasteiger partial charge in [-0.05, 0) is 31.5 Å². The number of aliphatic hydroxyl groups is 1. The van der Waals surface area contributed by atoms with E-state index in [1.165, 1.54) is 19.1 Å². The third-order valence-corrected chi connectivity index (χ3v) is 2.53. The second-order valence-electron chi connectivity index (χ2n) is 4.16. The van der Waals surface area contributed by atoms with Crippen molar-refractivity contribution in [3.8, 4) is 5.75 Å². The Hall–Kier alpha value is -1.88. The van der Waals surface area contributed by atoms with E-state index in [9.17, 15) is 14.3 Å². The Bertz CT molecular complexity index is 460. The quantitative estimate of drug-likeness (QED) is 0.774. The smallest absolute Gasteiger partial charge is 0.261 e. The third kappa shape index (κ3) is 4.37. The molecule has 0 saturated carbocycles. The fraction of sp³-hybridized carbons (Fsp3) is 0.357. The molecular formula is C14H18FNO3. The van der Waals surface area contributed by atoms with Crippen LogP contribution in [0.25, 0.3) is 0 Å². The Morgan fingerprint density at radius 2 is 2.26 bits per heavy atom. The molecule has 0 saturated heterocycles. The molecule has 1 amide bonds. The molecule has 0 aliphatic heterocycles.